The quantitative estimate of drug-likeness (QED) is 0.291. The number of carbonyl (C=O) groups is 1. The molecule has 8 rings (SSSR count). The summed E-state index contributed by atoms with van der Waals surface area (Å²) < 4.78 is 21.0. The maximum Gasteiger partial charge on any atom is 0.228 e. The summed E-state index contributed by atoms with van der Waals surface area (Å²) in [4.78, 5) is 30.2. The van der Waals surface area contributed by atoms with Crippen LogP contribution in [0.25, 0.3) is 11.1 Å². The molecule has 3 aliphatic heterocycles. The third kappa shape index (κ3) is 5.12. The van der Waals surface area contributed by atoms with Crippen LogP contribution in [0.5, 0.6) is 11.5 Å². The molecule has 1 unspecified atom stereocenters. The van der Waals surface area contributed by atoms with Gasteiger partial charge in [0.1, 0.15) is 17.9 Å². The Kier molecular flexibility index (Phi) is 6.36. The number of carbonyl (C=O) groups excluding carboxylic acids is 1. The second kappa shape index (κ2) is 10.4. The molecule has 0 radical (unpaired) electrons. The van der Waals surface area contributed by atoms with Gasteiger partial charge < -0.3 is 15.0 Å². The molecule has 2 aromatic heterocycles. The summed E-state index contributed by atoms with van der Waals surface area (Å²) in [5.41, 5.74) is 6.06. The third-order valence-electron chi connectivity index (χ3n) is 9.37. The molecule has 4 aromatic rings. The summed E-state index contributed by atoms with van der Waals surface area (Å²) >= 11 is 0. The van der Waals surface area contributed by atoms with E-state index in [1.165, 1.54) is 17.7 Å². The van der Waals surface area contributed by atoms with Gasteiger partial charge in [0.15, 0.2) is 11.6 Å². The van der Waals surface area contributed by atoms with Crippen molar-refractivity contribution in [1.82, 2.24) is 19.9 Å². The highest BCUT2D eigenvalue weighted by Crippen LogP contribution is 2.47. The highest BCUT2D eigenvalue weighted by Gasteiger charge is 2.44. The number of aromatic nitrogens is 3. The largest absolute Gasteiger partial charge is 0.451 e. The van der Waals surface area contributed by atoms with Crippen LogP contribution in [0.2, 0.25) is 0 Å². The maximum atomic E-state index is 14.5. The Morgan fingerprint density at radius 1 is 1.00 bits per heavy atom. The van der Waals surface area contributed by atoms with Crippen LogP contribution in [0.15, 0.2) is 67.3 Å². The molecule has 0 bridgehead atoms. The molecule has 4 aliphatic rings. The molecule has 1 atom stereocenters. The highest BCUT2D eigenvalue weighted by atomic mass is 19.1. The Balaban J connectivity index is 1.00. The summed E-state index contributed by atoms with van der Waals surface area (Å²) in [6.07, 6.45) is 9.96. The molecule has 1 aliphatic carbocycles. The average molecular weight is 577 g/mol. The van der Waals surface area contributed by atoms with Gasteiger partial charge in [-0.3, -0.25) is 14.7 Å². The van der Waals surface area contributed by atoms with Crippen molar-refractivity contribution in [3.05, 3.63) is 89.9 Å². The van der Waals surface area contributed by atoms with Crippen LogP contribution in [0, 0.1) is 11.2 Å². The van der Waals surface area contributed by atoms with Crippen molar-refractivity contribution in [2.75, 3.05) is 36.4 Å². The van der Waals surface area contributed by atoms with Gasteiger partial charge in [-0.15, -0.1) is 0 Å². The first-order valence-corrected chi connectivity index (χ1v) is 15.1. The molecule has 2 aromatic carbocycles. The van der Waals surface area contributed by atoms with E-state index in [9.17, 15) is 9.18 Å². The SMILES string of the molecule is O=C1Cc2ccc(CN3CCC4(CCN(c5ncncc5Oc5ccc(F)cc5-c5cccnc5C5CC5)C4)C3)cc2N1. The van der Waals surface area contributed by atoms with Gasteiger partial charge in [0.05, 0.1) is 18.3 Å². The Hall–Kier alpha value is -4.37. The van der Waals surface area contributed by atoms with E-state index in [2.05, 4.69) is 48.3 Å². The smallest absolute Gasteiger partial charge is 0.228 e. The monoisotopic (exact) mass is 576 g/mol. The molecule has 43 heavy (non-hydrogen) atoms. The lowest BCUT2D eigenvalue weighted by molar-refractivity contribution is -0.115. The van der Waals surface area contributed by atoms with Crippen molar-refractivity contribution in [3.63, 3.8) is 0 Å². The maximum absolute atomic E-state index is 14.5. The standard InChI is InChI=1S/C34H33FN6O2/c35-25-7-8-29(27(16-25)26-2-1-11-37-32(26)23-5-6-23)43-30-17-36-21-38-33(30)41-13-10-34(20-41)9-12-40(19-34)18-22-3-4-24-15-31(42)39-28(24)14-22/h1-4,7-8,11,14,16-17,21,23H,5-6,9-10,12-13,15,18-20H2,(H,39,42). The molecule has 1 spiro atoms. The first-order chi connectivity index (χ1) is 21.0. The van der Waals surface area contributed by atoms with E-state index in [4.69, 9.17) is 4.74 Å². The fraction of sp³-hybridized carbons (Fsp3) is 0.353. The van der Waals surface area contributed by atoms with E-state index in [0.29, 0.717) is 29.4 Å². The van der Waals surface area contributed by atoms with E-state index in [1.807, 2.05) is 12.1 Å². The van der Waals surface area contributed by atoms with E-state index < -0.39 is 0 Å². The van der Waals surface area contributed by atoms with E-state index in [0.717, 1.165) is 86.7 Å². The van der Waals surface area contributed by atoms with E-state index in [1.54, 1.807) is 24.8 Å². The number of amides is 1. The molecule has 1 saturated carbocycles. The second-order valence-corrected chi connectivity index (χ2v) is 12.5. The molecule has 3 fully saturated rings. The predicted octanol–water partition coefficient (Wildman–Crippen LogP) is 5.94. The number of halogens is 1. The zero-order valence-electron chi connectivity index (χ0n) is 23.9. The third-order valence-corrected chi connectivity index (χ3v) is 9.37. The Labute approximate surface area is 249 Å². The molecule has 8 nitrogen and oxygen atoms in total. The lowest BCUT2D eigenvalue weighted by Crippen LogP contribution is -2.31. The lowest BCUT2D eigenvalue weighted by atomic mass is 9.86. The molecular formula is C34H33FN6O2. The minimum atomic E-state index is -0.311. The normalized spacial score (nSPS) is 21.4. The average Bonchev–Trinajstić information content (AvgIpc) is 3.51. The molecule has 1 amide bonds. The van der Waals surface area contributed by atoms with Gasteiger partial charge >= 0.3 is 0 Å². The number of benzene rings is 2. The first kappa shape index (κ1) is 26.3. The Morgan fingerprint density at radius 2 is 1.91 bits per heavy atom. The number of pyridine rings is 1. The van der Waals surface area contributed by atoms with Gasteiger partial charge in [-0.05, 0) is 73.7 Å². The number of nitrogens with one attached hydrogen (secondary N) is 1. The van der Waals surface area contributed by atoms with Crippen molar-refractivity contribution >= 4 is 17.4 Å². The van der Waals surface area contributed by atoms with Crippen LogP contribution in [0.3, 0.4) is 0 Å². The number of fused-ring (bicyclic) bond motifs is 1. The fourth-order valence-corrected chi connectivity index (χ4v) is 7.10. The van der Waals surface area contributed by atoms with Crippen molar-refractivity contribution in [3.8, 4) is 22.6 Å². The molecule has 218 valence electrons. The molecule has 2 saturated heterocycles. The highest BCUT2D eigenvalue weighted by molar-refractivity contribution is 5.99. The minimum absolute atomic E-state index is 0.0714. The lowest BCUT2D eigenvalue weighted by Gasteiger charge is -2.26. The molecular weight excluding hydrogens is 543 g/mol. The number of likely N-dealkylation sites (tertiary alicyclic amines) is 1. The topological polar surface area (TPSA) is 83.5 Å². The van der Waals surface area contributed by atoms with Crippen molar-refractivity contribution in [1.29, 1.82) is 0 Å². The zero-order valence-corrected chi connectivity index (χ0v) is 23.9. The van der Waals surface area contributed by atoms with Crippen LogP contribution < -0.4 is 15.0 Å². The van der Waals surface area contributed by atoms with E-state index in [-0.39, 0.29) is 17.1 Å². The summed E-state index contributed by atoms with van der Waals surface area (Å²) in [5.74, 6) is 2.08. The van der Waals surface area contributed by atoms with Crippen molar-refractivity contribution in [2.24, 2.45) is 5.41 Å². The summed E-state index contributed by atoms with van der Waals surface area (Å²) in [7, 11) is 0. The number of ether oxygens (including phenoxy) is 1. The first-order valence-electron chi connectivity index (χ1n) is 15.1. The summed E-state index contributed by atoms with van der Waals surface area (Å²) in [6.45, 7) is 4.70. The second-order valence-electron chi connectivity index (χ2n) is 12.5. The number of anilines is 2. The fourth-order valence-electron chi connectivity index (χ4n) is 7.10. The van der Waals surface area contributed by atoms with Gasteiger partial charge in [-0.25, -0.2) is 14.4 Å². The number of rotatable bonds is 7. The molecule has 5 heterocycles. The Bertz CT molecular complexity index is 1730. The summed E-state index contributed by atoms with van der Waals surface area (Å²) in [5, 5.41) is 2.97. The summed E-state index contributed by atoms with van der Waals surface area (Å²) in [6, 6.07) is 14.9. The van der Waals surface area contributed by atoms with Crippen LogP contribution in [-0.4, -0.2) is 51.9 Å². The molecule has 9 heteroatoms. The minimum Gasteiger partial charge on any atom is -0.451 e. The van der Waals surface area contributed by atoms with Gasteiger partial charge in [0, 0.05) is 60.5 Å². The number of hydrogen-bond donors (Lipinski definition) is 1. The predicted molar refractivity (Wildman–Crippen MR) is 162 cm³/mol. The van der Waals surface area contributed by atoms with Crippen LogP contribution >= 0.6 is 0 Å². The van der Waals surface area contributed by atoms with Gasteiger partial charge in [0.25, 0.3) is 0 Å². The van der Waals surface area contributed by atoms with Gasteiger partial charge in [-0.2, -0.15) is 0 Å². The van der Waals surface area contributed by atoms with Gasteiger partial charge in [-0.1, -0.05) is 18.2 Å². The van der Waals surface area contributed by atoms with Crippen LogP contribution in [-0.2, 0) is 17.8 Å². The number of hydrogen-bond acceptors (Lipinski definition) is 7. The molecule has 1 N–H and O–H groups in total. The Morgan fingerprint density at radius 3 is 2.81 bits per heavy atom. The van der Waals surface area contributed by atoms with Crippen LogP contribution in [0.1, 0.15) is 48.4 Å². The van der Waals surface area contributed by atoms with Gasteiger partial charge in [0.2, 0.25) is 5.91 Å². The van der Waals surface area contributed by atoms with Crippen LogP contribution in [0.4, 0.5) is 15.9 Å². The van der Waals surface area contributed by atoms with Crippen molar-refractivity contribution in [2.45, 2.75) is 44.6 Å². The van der Waals surface area contributed by atoms with Crippen molar-refractivity contribution < 1.29 is 13.9 Å². The zero-order chi connectivity index (χ0) is 29.0. The van der Waals surface area contributed by atoms with E-state index >= 15 is 0 Å². The number of nitrogens with zero attached hydrogens (tertiary/aromatic N) is 5.